The molecule has 10 heteroatoms. The summed E-state index contributed by atoms with van der Waals surface area (Å²) in [6.07, 6.45) is -3.13. The van der Waals surface area contributed by atoms with Gasteiger partial charge >= 0.3 is 6.18 Å². The van der Waals surface area contributed by atoms with E-state index in [0.29, 0.717) is 30.5 Å². The summed E-state index contributed by atoms with van der Waals surface area (Å²) in [5.74, 6) is -0.589. The van der Waals surface area contributed by atoms with Crippen LogP contribution >= 0.6 is 24.2 Å². The van der Waals surface area contributed by atoms with Gasteiger partial charge in [0.2, 0.25) is 0 Å². The first-order valence-electron chi connectivity index (χ1n) is 7.26. The lowest BCUT2D eigenvalue weighted by molar-refractivity contribution is -0.137. The molecule has 25 heavy (non-hydrogen) atoms. The summed E-state index contributed by atoms with van der Waals surface area (Å²) in [5, 5.41) is 4.75. The van der Waals surface area contributed by atoms with Gasteiger partial charge < -0.3 is 10.2 Å². The van der Waals surface area contributed by atoms with Gasteiger partial charge in [0.25, 0.3) is 11.1 Å². The van der Waals surface area contributed by atoms with E-state index in [-0.39, 0.29) is 22.9 Å². The molecule has 2 aliphatic rings. The molecule has 2 heterocycles. The molecule has 0 saturated carbocycles. The smallest absolute Gasteiger partial charge is 0.369 e. The number of nitrogens with zero attached hydrogens (tertiary/aromatic N) is 1. The van der Waals surface area contributed by atoms with Crippen molar-refractivity contribution in [3.63, 3.8) is 0 Å². The fraction of sp³-hybridized carbons (Fsp3) is 0.333. The minimum atomic E-state index is -4.48. The standard InChI is InChI=1S/C15H14F3N3O2S.ClH/c16-15(17,18)10-1-2-11(21-5-3-19-4-6-21)9(7-10)8-12-13(22)20-14(23)24-12;/h1-2,7-8,19H,3-6H2,(H,20,22,23);1H/b12-8-;. The predicted molar refractivity (Wildman–Crippen MR) is 92.9 cm³/mol. The molecule has 2 N–H and O–H groups in total. The number of halogens is 4. The number of rotatable bonds is 2. The molecule has 0 unspecified atom stereocenters. The van der Waals surface area contributed by atoms with Crippen LogP contribution in [-0.4, -0.2) is 37.3 Å². The number of imide groups is 1. The van der Waals surface area contributed by atoms with E-state index in [1.165, 1.54) is 12.1 Å². The zero-order valence-corrected chi connectivity index (χ0v) is 14.5. The Balaban J connectivity index is 0.00000225. The summed E-state index contributed by atoms with van der Waals surface area (Å²) in [6.45, 7) is 2.76. The van der Waals surface area contributed by atoms with Crippen LogP contribution in [0.3, 0.4) is 0 Å². The van der Waals surface area contributed by atoms with Crippen LogP contribution in [0.15, 0.2) is 23.1 Å². The van der Waals surface area contributed by atoms with E-state index < -0.39 is 22.9 Å². The number of hydrogen-bond donors (Lipinski definition) is 2. The van der Waals surface area contributed by atoms with Crippen molar-refractivity contribution in [3.05, 3.63) is 34.2 Å². The van der Waals surface area contributed by atoms with E-state index in [1.54, 1.807) is 0 Å². The number of amides is 2. The van der Waals surface area contributed by atoms with Crippen LogP contribution in [0.2, 0.25) is 0 Å². The van der Waals surface area contributed by atoms with Crippen molar-refractivity contribution in [3.8, 4) is 0 Å². The second-order valence-electron chi connectivity index (χ2n) is 5.36. The highest BCUT2D eigenvalue weighted by atomic mass is 35.5. The van der Waals surface area contributed by atoms with Gasteiger partial charge in [-0.1, -0.05) is 0 Å². The quantitative estimate of drug-likeness (QED) is 0.757. The average molecular weight is 394 g/mol. The molecule has 2 fully saturated rings. The third-order valence-electron chi connectivity index (χ3n) is 3.74. The maximum Gasteiger partial charge on any atom is 0.416 e. The molecule has 2 amide bonds. The largest absolute Gasteiger partial charge is 0.416 e. The molecule has 136 valence electrons. The van der Waals surface area contributed by atoms with E-state index in [4.69, 9.17) is 0 Å². The number of hydrogen-bond acceptors (Lipinski definition) is 5. The van der Waals surface area contributed by atoms with Crippen molar-refractivity contribution >= 4 is 47.1 Å². The highest BCUT2D eigenvalue weighted by molar-refractivity contribution is 8.18. The van der Waals surface area contributed by atoms with Crippen LogP contribution < -0.4 is 15.5 Å². The van der Waals surface area contributed by atoms with Gasteiger partial charge in [-0.25, -0.2) is 0 Å². The fourth-order valence-corrected chi connectivity index (χ4v) is 3.28. The maximum absolute atomic E-state index is 13.0. The highest BCUT2D eigenvalue weighted by Crippen LogP contribution is 2.35. The number of benzene rings is 1. The van der Waals surface area contributed by atoms with E-state index >= 15 is 0 Å². The maximum atomic E-state index is 13.0. The van der Waals surface area contributed by atoms with Crippen molar-refractivity contribution < 1.29 is 22.8 Å². The first-order valence-corrected chi connectivity index (χ1v) is 8.08. The number of carbonyl (C=O) groups is 2. The van der Waals surface area contributed by atoms with Crippen molar-refractivity contribution in [2.24, 2.45) is 0 Å². The SMILES string of the molecule is Cl.O=C1NC(=O)/C(=C/c2cc(C(F)(F)F)ccc2N2CCNCC2)S1. The Labute approximate surface area is 152 Å². The third kappa shape index (κ3) is 4.47. The lowest BCUT2D eigenvalue weighted by Gasteiger charge is -2.31. The number of anilines is 1. The van der Waals surface area contributed by atoms with Gasteiger partial charge in [0.1, 0.15) is 0 Å². The zero-order valence-electron chi connectivity index (χ0n) is 12.9. The number of thioether (sulfide) groups is 1. The van der Waals surface area contributed by atoms with Gasteiger partial charge in [-0.2, -0.15) is 13.2 Å². The minimum absolute atomic E-state index is 0. The molecular weight excluding hydrogens is 379 g/mol. The van der Waals surface area contributed by atoms with Crippen molar-refractivity contribution in [1.82, 2.24) is 10.6 Å². The lowest BCUT2D eigenvalue weighted by atomic mass is 10.1. The van der Waals surface area contributed by atoms with Gasteiger partial charge in [0, 0.05) is 31.9 Å². The minimum Gasteiger partial charge on any atom is -0.369 e. The Morgan fingerprint density at radius 1 is 1.16 bits per heavy atom. The van der Waals surface area contributed by atoms with Gasteiger partial charge in [0.05, 0.1) is 10.5 Å². The first kappa shape index (κ1) is 19.6. The third-order valence-corrected chi connectivity index (χ3v) is 4.55. The summed E-state index contributed by atoms with van der Waals surface area (Å²) in [7, 11) is 0. The molecule has 1 aromatic rings. The molecule has 5 nitrogen and oxygen atoms in total. The average Bonchev–Trinajstić information content (AvgIpc) is 2.85. The summed E-state index contributed by atoms with van der Waals surface area (Å²) in [6, 6.07) is 3.47. The number of nitrogens with one attached hydrogen (secondary N) is 2. The highest BCUT2D eigenvalue weighted by Gasteiger charge is 2.32. The number of piperazine rings is 1. The Morgan fingerprint density at radius 2 is 1.84 bits per heavy atom. The molecule has 1 aromatic carbocycles. The summed E-state index contributed by atoms with van der Waals surface area (Å²) < 4.78 is 39.0. The zero-order chi connectivity index (χ0) is 17.3. The van der Waals surface area contributed by atoms with Crippen molar-refractivity contribution in [2.45, 2.75) is 6.18 Å². The lowest BCUT2D eigenvalue weighted by Crippen LogP contribution is -2.43. The molecule has 0 spiro atoms. The topological polar surface area (TPSA) is 61.4 Å². The van der Waals surface area contributed by atoms with Crippen LogP contribution in [0.1, 0.15) is 11.1 Å². The van der Waals surface area contributed by atoms with Crippen LogP contribution in [0.25, 0.3) is 6.08 Å². The number of carbonyl (C=O) groups excluding carboxylic acids is 2. The number of alkyl halides is 3. The molecule has 0 bridgehead atoms. The van der Waals surface area contributed by atoms with Crippen LogP contribution in [0, 0.1) is 0 Å². The summed E-state index contributed by atoms with van der Waals surface area (Å²) in [5.41, 5.74) is 0.104. The fourth-order valence-electron chi connectivity index (χ4n) is 2.60. The second kappa shape index (κ2) is 7.67. The Morgan fingerprint density at radius 3 is 2.40 bits per heavy atom. The normalized spacial score (nSPS) is 19.8. The van der Waals surface area contributed by atoms with E-state index in [1.807, 2.05) is 4.90 Å². The molecule has 2 saturated heterocycles. The van der Waals surface area contributed by atoms with E-state index in [2.05, 4.69) is 10.6 Å². The van der Waals surface area contributed by atoms with E-state index in [9.17, 15) is 22.8 Å². The van der Waals surface area contributed by atoms with Gasteiger partial charge in [0.15, 0.2) is 0 Å². The van der Waals surface area contributed by atoms with Gasteiger partial charge in [-0.05, 0) is 41.6 Å². The molecule has 0 atom stereocenters. The first-order chi connectivity index (χ1) is 11.3. The monoisotopic (exact) mass is 393 g/mol. The molecule has 2 aliphatic heterocycles. The van der Waals surface area contributed by atoms with Crippen LogP contribution in [-0.2, 0) is 11.0 Å². The van der Waals surface area contributed by atoms with Gasteiger partial charge in [-0.3, -0.25) is 14.9 Å². The Bertz CT molecular complexity index is 718. The second-order valence-corrected chi connectivity index (χ2v) is 6.38. The Hall–Kier alpha value is -1.71. The van der Waals surface area contributed by atoms with Gasteiger partial charge in [-0.15, -0.1) is 12.4 Å². The summed E-state index contributed by atoms with van der Waals surface area (Å²) in [4.78, 5) is 25.0. The molecule has 0 aromatic heterocycles. The Kier molecular flexibility index (Phi) is 6.02. The molecule has 0 radical (unpaired) electrons. The van der Waals surface area contributed by atoms with Crippen LogP contribution in [0.4, 0.5) is 23.7 Å². The molecule has 0 aliphatic carbocycles. The molecular formula is C15H15ClF3N3O2S. The predicted octanol–water partition coefficient (Wildman–Crippen LogP) is 2.86. The van der Waals surface area contributed by atoms with Crippen molar-refractivity contribution in [2.75, 3.05) is 31.1 Å². The molecule has 3 rings (SSSR count). The van der Waals surface area contributed by atoms with Crippen molar-refractivity contribution in [1.29, 1.82) is 0 Å². The van der Waals surface area contributed by atoms with E-state index in [0.717, 1.165) is 25.2 Å². The summed E-state index contributed by atoms with van der Waals surface area (Å²) >= 11 is 0.687. The van der Waals surface area contributed by atoms with Crippen LogP contribution in [0.5, 0.6) is 0 Å².